The monoisotopic (exact) mass is 534 g/mol. The predicted octanol–water partition coefficient (Wildman–Crippen LogP) is 4.41. The Kier molecular flexibility index (Phi) is 7.49. The van der Waals surface area contributed by atoms with E-state index in [1.807, 2.05) is 54.6 Å². The van der Waals surface area contributed by atoms with E-state index in [-0.39, 0.29) is 22.3 Å². The Morgan fingerprint density at radius 2 is 1.74 bits per heavy atom. The van der Waals surface area contributed by atoms with Crippen LogP contribution in [-0.4, -0.2) is 34.1 Å². The van der Waals surface area contributed by atoms with Gasteiger partial charge in [0, 0.05) is 12.7 Å². The van der Waals surface area contributed by atoms with E-state index < -0.39 is 15.9 Å². The standard InChI is InChI=1S/C27H30N6O4S/c1-16(2)15-33-12-11-22(31-33)21-10-9-20(26(34)32-38(35,36)24-8-6-7-23(28)30-24)27(29-21)37-25-18(4)13-17(3)14-19(25)5/h6-14,16H,15H2,1-5H3,(H2,28,30)(H,32,34). The summed E-state index contributed by atoms with van der Waals surface area (Å²) in [5.74, 6) is -0.0256. The highest BCUT2D eigenvalue weighted by Crippen LogP contribution is 2.32. The Bertz CT molecular complexity index is 1590. The predicted molar refractivity (Wildman–Crippen MR) is 144 cm³/mol. The van der Waals surface area contributed by atoms with Gasteiger partial charge in [-0.05, 0) is 68.1 Å². The topological polar surface area (TPSA) is 142 Å². The molecule has 0 saturated heterocycles. The molecule has 1 aromatic carbocycles. The van der Waals surface area contributed by atoms with Crippen LogP contribution in [0.1, 0.15) is 40.9 Å². The molecule has 0 atom stereocenters. The van der Waals surface area contributed by atoms with Crippen LogP contribution in [0.25, 0.3) is 11.4 Å². The van der Waals surface area contributed by atoms with Crippen molar-refractivity contribution in [3.8, 4) is 23.0 Å². The van der Waals surface area contributed by atoms with Crippen molar-refractivity contribution in [3.63, 3.8) is 0 Å². The number of rotatable bonds is 8. The van der Waals surface area contributed by atoms with E-state index in [1.165, 1.54) is 24.3 Å². The SMILES string of the molecule is Cc1cc(C)c(Oc2nc(-c3ccn(CC(C)C)n3)ccc2C(=O)NS(=O)(=O)c2cccc(N)n2)c(C)c1. The molecule has 0 unspecified atom stereocenters. The summed E-state index contributed by atoms with van der Waals surface area (Å²) in [6.07, 6.45) is 1.86. The van der Waals surface area contributed by atoms with Crippen LogP contribution < -0.4 is 15.2 Å². The highest BCUT2D eigenvalue weighted by molar-refractivity contribution is 7.90. The lowest BCUT2D eigenvalue weighted by Gasteiger charge is -2.15. The van der Waals surface area contributed by atoms with Crippen molar-refractivity contribution in [2.45, 2.75) is 46.2 Å². The number of nitrogens with one attached hydrogen (secondary N) is 1. The average Bonchev–Trinajstić information content (AvgIpc) is 3.28. The van der Waals surface area contributed by atoms with Gasteiger partial charge in [0.2, 0.25) is 5.88 Å². The highest BCUT2D eigenvalue weighted by atomic mass is 32.2. The number of carbonyl (C=O) groups is 1. The molecular formula is C27H30N6O4S. The zero-order chi connectivity index (χ0) is 27.6. The van der Waals surface area contributed by atoms with E-state index in [0.29, 0.717) is 23.1 Å². The summed E-state index contributed by atoms with van der Waals surface area (Å²) in [5.41, 5.74) is 9.37. The molecule has 4 rings (SSSR count). The van der Waals surface area contributed by atoms with E-state index in [2.05, 4.69) is 28.9 Å². The number of aryl methyl sites for hydroxylation is 3. The first-order valence-corrected chi connectivity index (χ1v) is 13.5. The molecule has 10 nitrogen and oxygen atoms in total. The molecule has 3 heterocycles. The molecule has 11 heteroatoms. The maximum atomic E-state index is 13.2. The van der Waals surface area contributed by atoms with Gasteiger partial charge in [-0.1, -0.05) is 37.6 Å². The molecule has 0 aliphatic heterocycles. The Balaban J connectivity index is 1.75. The van der Waals surface area contributed by atoms with Gasteiger partial charge in [-0.3, -0.25) is 9.48 Å². The van der Waals surface area contributed by atoms with E-state index >= 15 is 0 Å². The van der Waals surface area contributed by atoms with Crippen LogP contribution in [0.2, 0.25) is 0 Å². The van der Waals surface area contributed by atoms with Gasteiger partial charge >= 0.3 is 0 Å². The molecule has 0 spiro atoms. The number of nitrogen functional groups attached to an aromatic ring is 1. The molecule has 3 aromatic heterocycles. The number of nitrogens with zero attached hydrogens (tertiary/aromatic N) is 4. The second-order valence-corrected chi connectivity index (χ2v) is 11.2. The first-order valence-electron chi connectivity index (χ1n) is 12.0. The minimum absolute atomic E-state index is 0.0117. The number of sulfonamides is 1. The molecule has 0 radical (unpaired) electrons. The van der Waals surface area contributed by atoms with Crippen molar-refractivity contribution in [1.82, 2.24) is 24.5 Å². The molecule has 0 aliphatic carbocycles. The smallest absolute Gasteiger partial charge is 0.281 e. The van der Waals surface area contributed by atoms with Crippen LogP contribution in [0.4, 0.5) is 5.82 Å². The van der Waals surface area contributed by atoms with Gasteiger partial charge in [0.15, 0.2) is 5.03 Å². The fourth-order valence-corrected chi connectivity index (χ4v) is 4.98. The van der Waals surface area contributed by atoms with Crippen LogP contribution in [0, 0.1) is 26.7 Å². The number of anilines is 1. The number of hydrogen-bond donors (Lipinski definition) is 2. The number of pyridine rings is 2. The second-order valence-electron chi connectivity index (χ2n) is 9.53. The van der Waals surface area contributed by atoms with Gasteiger partial charge in [-0.15, -0.1) is 0 Å². The van der Waals surface area contributed by atoms with E-state index in [4.69, 9.17) is 10.5 Å². The zero-order valence-corrected chi connectivity index (χ0v) is 22.7. The molecule has 3 N–H and O–H groups in total. The lowest BCUT2D eigenvalue weighted by molar-refractivity contribution is 0.0978. The van der Waals surface area contributed by atoms with Crippen LogP contribution in [0.15, 0.2) is 59.8 Å². The molecule has 0 bridgehead atoms. The Labute approximate surface area is 221 Å². The Hall–Kier alpha value is -4.25. The first-order chi connectivity index (χ1) is 17.9. The molecule has 1 amide bonds. The fourth-order valence-electron chi connectivity index (χ4n) is 4.04. The molecule has 0 aliphatic rings. The normalized spacial score (nSPS) is 11.5. The number of hydrogen-bond acceptors (Lipinski definition) is 8. The number of amides is 1. The number of carbonyl (C=O) groups excluding carboxylic acids is 1. The molecule has 38 heavy (non-hydrogen) atoms. The molecule has 198 valence electrons. The third-order valence-corrected chi connectivity index (χ3v) is 6.84. The molecule has 0 saturated carbocycles. The minimum atomic E-state index is -4.30. The summed E-state index contributed by atoms with van der Waals surface area (Å²) in [4.78, 5) is 21.6. The largest absolute Gasteiger partial charge is 0.438 e. The van der Waals surface area contributed by atoms with E-state index in [0.717, 1.165) is 23.2 Å². The lowest BCUT2D eigenvalue weighted by Crippen LogP contribution is -2.31. The third kappa shape index (κ3) is 6.00. The van der Waals surface area contributed by atoms with Crippen molar-refractivity contribution in [2.75, 3.05) is 5.73 Å². The van der Waals surface area contributed by atoms with Gasteiger partial charge in [-0.2, -0.15) is 13.5 Å². The maximum Gasteiger partial charge on any atom is 0.281 e. The molecular weight excluding hydrogens is 504 g/mol. The summed E-state index contributed by atoms with van der Waals surface area (Å²) in [7, 11) is -4.30. The fraction of sp³-hybridized carbons (Fsp3) is 0.259. The summed E-state index contributed by atoms with van der Waals surface area (Å²) < 4.78 is 35.7. The average molecular weight is 535 g/mol. The van der Waals surface area contributed by atoms with Crippen molar-refractivity contribution >= 4 is 21.7 Å². The Morgan fingerprint density at radius 1 is 1.03 bits per heavy atom. The van der Waals surface area contributed by atoms with Crippen LogP contribution in [0.5, 0.6) is 11.6 Å². The van der Waals surface area contributed by atoms with Crippen LogP contribution >= 0.6 is 0 Å². The first kappa shape index (κ1) is 26.8. The van der Waals surface area contributed by atoms with Gasteiger partial charge in [0.05, 0.1) is 5.69 Å². The zero-order valence-electron chi connectivity index (χ0n) is 21.9. The van der Waals surface area contributed by atoms with Crippen LogP contribution in [0.3, 0.4) is 0 Å². The van der Waals surface area contributed by atoms with Crippen LogP contribution in [-0.2, 0) is 16.6 Å². The van der Waals surface area contributed by atoms with Gasteiger partial charge in [-0.25, -0.2) is 14.7 Å². The summed E-state index contributed by atoms with van der Waals surface area (Å²) >= 11 is 0. The minimum Gasteiger partial charge on any atom is -0.438 e. The summed E-state index contributed by atoms with van der Waals surface area (Å²) in [6.45, 7) is 10.7. The lowest BCUT2D eigenvalue weighted by atomic mass is 10.1. The van der Waals surface area contributed by atoms with Crippen molar-refractivity contribution in [1.29, 1.82) is 0 Å². The highest BCUT2D eigenvalue weighted by Gasteiger charge is 2.25. The van der Waals surface area contributed by atoms with E-state index in [9.17, 15) is 13.2 Å². The van der Waals surface area contributed by atoms with Gasteiger partial charge in [0.25, 0.3) is 15.9 Å². The van der Waals surface area contributed by atoms with Crippen molar-refractivity contribution in [2.24, 2.45) is 5.92 Å². The number of aromatic nitrogens is 4. The Morgan fingerprint density at radius 3 is 2.39 bits per heavy atom. The maximum absolute atomic E-state index is 13.2. The summed E-state index contributed by atoms with van der Waals surface area (Å²) in [6, 6.07) is 12.9. The van der Waals surface area contributed by atoms with Gasteiger partial charge < -0.3 is 10.5 Å². The van der Waals surface area contributed by atoms with E-state index in [1.54, 1.807) is 6.07 Å². The molecule has 0 fully saturated rings. The third-order valence-electron chi connectivity index (χ3n) is 5.61. The quantitative estimate of drug-likeness (QED) is 0.338. The number of ether oxygens (including phenoxy) is 1. The number of nitrogens with two attached hydrogens (primary N) is 1. The number of benzene rings is 1. The van der Waals surface area contributed by atoms with Crippen molar-refractivity contribution in [3.05, 3.63) is 77.0 Å². The van der Waals surface area contributed by atoms with Crippen molar-refractivity contribution < 1.29 is 17.9 Å². The summed E-state index contributed by atoms with van der Waals surface area (Å²) in [5, 5.41) is 4.20. The van der Waals surface area contributed by atoms with Gasteiger partial charge in [0.1, 0.15) is 22.8 Å². The molecule has 4 aromatic rings. The second kappa shape index (κ2) is 10.6.